The van der Waals surface area contributed by atoms with Crippen molar-refractivity contribution in [1.82, 2.24) is 4.90 Å². The minimum absolute atomic E-state index is 0.000704. The average molecular weight is 279 g/mol. The second-order valence-electron chi connectivity index (χ2n) is 4.59. The number of thiophene rings is 1. The number of nitrogens with zero attached hydrogens (tertiary/aromatic N) is 1. The summed E-state index contributed by atoms with van der Waals surface area (Å²) in [5.41, 5.74) is 0.691. The van der Waals surface area contributed by atoms with Gasteiger partial charge in [0.15, 0.2) is 0 Å². The largest absolute Gasteiger partial charge is 0.384 e. The van der Waals surface area contributed by atoms with Crippen molar-refractivity contribution in [3.63, 3.8) is 0 Å². The highest BCUT2D eigenvalue weighted by atomic mass is 32.1. The Morgan fingerprint density at radius 1 is 1.53 bits per heavy atom. The SMILES string of the molecule is C[C@@H]1CN(C(=O)c2sccc2C#CCO)C[C@H](C)O1. The van der Waals surface area contributed by atoms with E-state index in [1.165, 1.54) is 11.3 Å². The van der Waals surface area contributed by atoms with Crippen LogP contribution in [0.15, 0.2) is 11.4 Å². The van der Waals surface area contributed by atoms with Crippen molar-refractivity contribution in [3.8, 4) is 11.8 Å². The molecule has 1 aliphatic heterocycles. The molecule has 19 heavy (non-hydrogen) atoms. The van der Waals surface area contributed by atoms with Gasteiger partial charge in [0.1, 0.15) is 11.5 Å². The summed E-state index contributed by atoms with van der Waals surface area (Å²) in [5.74, 6) is 5.40. The van der Waals surface area contributed by atoms with Gasteiger partial charge in [-0.2, -0.15) is 0 Å². The van der Waals surface area contributed by atoms with Crippen LogP contribution in [0.3, 0.4) is 0 Å². The molecule has 1 aromatic heterocycles. The molecule has 1 N–H and O–H groups in total. The van der Waals surface area contributed by atoms with Gasteiger partial charge in [-0.3, -0.25) is 4.79 Å². The molecule has 2 heterocycles. The Kier molecular flexibility index (Phi) is 4.59. The third kappa shape index (κ3) is 3.35. The summed E-state index contributed by atoms with van der Waals surface area (Å²) in [6.07, 6.45) is 0.110. The standard InChI is InChI=1S/C14H17NO3S/c1-10-8-15(9-11(2)18-10)14(17)13-12(4-3-6-16)5-7-19-13/h5,7,10-11,16H,6,8-9H2,1-2H3/t10-,11+. The van der Waals surface area contributed by atoms with Gasteiger partial charge in [0.25, 0.3) is 5.91 Å². The van der Waals surface area contributed by atoms with Crippen molar-refractivity contribution in [1.29, 1.82) is 0 Å². The van der Waals surface area contributed by atoms with Crippen LogP contribution >= 0.6 is 11.3 Å². The quantitative estimate of drug-likeness (QED) is 0.789. The number of ether oxygens (including phenoxy) is 1. The van der Waals surface area contributed by atoms with E-state index in [1.807, 2.05) is 30.2 Å². The topological polar surface area (TPSA) is 49.8 Å². The summed E-state index contributed by atoms with van der Waals surface area (Å²) in [7, 11) is 0. The fraction of sp³-hybridized carbons (Fsp3) is 0.500. The molecule has 1 fully saturated rings. The highest BCUT2D eigenvalue weighted by Crippen LogP contribution is 2.21. The average Bonchev–Trinajstić information content (AvgIpc) is 2.82. The molecule has 0 radical (unpaired) electrons. The first-order valence-corrected chi connectivity index (χ1v) is 7.11. The van der Waals surface area contributed by atoms with Crippen molar-refractivity contribution in [2.24, 2.45) is 0 Å². The lowest BCUT2D eigenvalue weighted by Gasteiger charge is -2.35. The molecule has 0 saturated carbocycles. The predicted octanol–water partition coefficient (Wildman–Crippen LogP) is 1.34. The number of carbonyl (C=O) groups excluding carboxylic acids is 1. The number of aliphatic hydroxyl groups excluding tert-OH is 1. The number of hydrogen-bond acceptors (Lipinski definition) is 4. The first-order valence-electron chi connectivity index (χ1n) is 6.23. The molecular weight excluding hydrogens is 262 g/mol. The van der Waals surface area contributed by atoms with Gasteiger partial charge < -0.3 is 14.7 Å². The van der Waals surface area contributed by atoms with E-state index in [0.717, 1.165) is 0 Å². The maximum atomic E-state index is 12.5. The van der Waals surface area contributed by atoms with Crippen molar-refractivity contribution < 1.29 is 14.6 Å². The highest BCUT2D eigenvalue weighted by molar-refractivity contribution is 7.12. The van der Waals surface area contributed by atoms with Crippen LogP contribution in [0.2, 0.25) is 0 Å². The van der Waals surface area contributed by atoms with E-state index >= 15 is 0 Å². The molecule has 102 valence electrons. The number of carbonyl (C=O) groups is 1. The highest BCUT2D eigenvalue weighted by Gasteiger charge is 2.28. The third-order valence-electron chi connectivity index (χ3n) is 2.87. The Hall–Kier alpha value is -1.35. The molecule has 4 nitrogen and oxygen atoms in total. The van der Waals surface area contributed by atoms with Crippen molar-refractivity contribution in [2.75, 3.05) is 19.7 Å². The van der Waals surface area contributed by atoms with Gasteiger partial charge in [0.05, 0.1) is 12.2 Å². The Labute approximate surface area is 117 Å². The van der Waals surface area contributed by atoms with Crippen LogP contribution in [-0.2, 0) is 4.74 Å². The van der Waals surface area contributed by atoms with Gasteiger partial charge in [-0.15, -0.1) is 11.3 Å². The van der Waals surface area contributed by atoms with Crippen molar-refractivity contribution in [2.45, 2.75) is 26.1 Å². The molecule has 5 heteroatoms. The number of morpholine rings is 1. The van der Waals surface area contributed by atoms with E-state index in [-0.39, 0.29) is 24.7 Å². The van der Waals surface area contributed by atoms with Gasteiger partial charge in [-0.1, -0.05) is 11.8 Å². The van der Waals surface area contributed by atoms with Crippen LogP contribution < -0.4 is 0 Å². The summed E-state index contributed by atoms with van der Waals surface area (Å²) in [5, 5.41) is 10.6. The predicted molar refractivity (Wildman–Crippen MR) is 74.2 cm³/mol. The second kappa shape index (κ2) is 6.20. The molecule has 0 unspecified atom stereocenters. The molecule has 2 rings (SSSR count). The fourth-order valence-electron chi connectivity index (χ4n) is 2.20. The minimum atomic E-state index is -0.199. The molecule has 0 aromatic carbocycles. The van der Waals surface area contributed by atoms with Crippen LogP contribution in [0.25, 0.3) is 0 Å². The summed E-state index contributed by atoms with van der Waals surface area (Å²) in [6, 6.07) is 1.81. The molecule has 0 spiro atoms. The zero-order chi connectivity index (χ0) is 13.8. The maximum absolute atomic E-state index is 12.5. The maximum Gasteiger partial charge on any atom is 0.265 e. The summed E-state index contributed by atoms with van der Waals surface area (Å²) in [4.78, 5) is 14.9. The number of aliphatic hydroxyl groups is 1. The van der Waals surface area contributed by atoms with Crippen molar-refractivity contribution in [3.05, 3.63) is 21.9 Å². The van der Waals surface area contributed by atoms with E-state index in [2.05, 4.69) is 11.8 Å². The normalized spacial score (nSPS) is 22.8. The van der Waals surface area contributed by atoms with Crippen LogP contribution in [-0.4, -0.2) is 47.8 Å². The summed E-state index contributed by atoms with van der Waals surface area (Å²) in [6.45, 7) is 4.95. The van der Waals surface area contributed by atoms with E-state index in [9.17, 15) is 4.79 Å². The smallest absolute Gasteiger partial charge is 0.265 e. The van der Waals surface area contributed by atoms with E-state index in [1.54, 1.807) is 0 Å². The Bertz CT molecular complexity index is 504. The molecule has 1 saturated heterocycles. The zero-order valence-electron chi connectivity index (χ0n) is 11.0. The zero-order valence-corrected chi connectivity index (χ0v) is 11.9. The van der Waals surface area contributed by atoms with Crippen LogP contribution in [0.1, 0.15) is 29.1 Å². The lowest BCUT2D eigenvalue weighted by molar-refractivity contribution is -0.0585. The third-order valence-corrected chi connectivity index (χ3v) is 3.77. The van der Waals surface area contributed by atoms with Gasteiger partial charge in [-0.05, 0) is 25.3 Å². The fourth-order valence-corrected chi connectivity index (χ4v) is 3.01. The van der Waals surface area contributed by atoms with E-state index in [4.69, 9.17) is 9.84 Å². The Morgan fingerprint density at radius 2 is 2.21 bits per heavy atom. The monoisotopic (exact) mass is 279 g/mol. The molecule has 1 aliphatic rings. The molecular formula is C14H17NO3S. The second-order valence-corrected chi connectivity index (χ2v) is 5.51. The summed E-state index contributed by atoms with van der Waals surface area (Å²) < 4.78 is 5.63. The van der Waals surface area contributed by atoms with E-state index < -0.39 is 0 Å². The Morgan fingerprint density at radius 3 is 2.84 bits per heavy atom. The molecule has 1 amide bonds. The van der Waals surface area contributed by atoms with Gasteiger partial charge in [-0.25, -0.2) is 0 Å². The first-order chi connectivity index (χ1) is 9.11. The van der Waals surface area contributed by atoms with E-state index in [0.29, 0.717) is 23.5 Å². The first kappa shape index (κ1) is 14.1. The molecule has 1 aromatic rings. The van der Waals surface area contributed by atoms with Gasteiger partial charge in [0, 0.05) is 18.7 Å². The molecule has 0 aliphatic carbocycles. The van der Waals surface area contributed by atoms with Crippen molar-refractivity contribution >= 4 is 17.2 Å². The lowest BCUT2D eigenvalue weighted by atomic mass is 10.2. The minimum Gasteiger partial charge on any atom is -0.384 e. The number of amides is 1. The van der Waals surface area contributed by atoms with Crippen LogP contribution in [0.4, 0.5) is 0 Å². The van der Waals surface area contributed by atoms with Crippen LogP contribution in [0, 0.1) is 11.8 Å². The summed E-state index contributed by atoms with van der Waals surface area (Å²) >= 11 is 1.39. The van der Waals surface area contributed by atoms with Gasteiger partial charge in [0.2, 0.25) is 0 Å². The number of rotatable bonds is 1. The van der Waals surface area contributed by atoms with Gasteiger partial charge >= 0.3 is 0 Å². The number of hydrogen-bond donors (Lipinski definition) is 1. The lowest BCUT2D eigenvalue weighted by Crippen LogP contribution is -2.48. The Balaban J connectivity index is 2.17. The molecule has 0 bridgehead atoms. The molecule has 2 atom stereocenters. The van der Waals surface area contributed by atoms with Crippen LogP contribution in [0.5, 0.6) is 0 Å².